The van der Waals surface area contributed by atoms with E-state index in [9.17, 15) is 0 Å². The fraction of sp³-hybridized carbons (Fsp3) is 0.375. The number of nitrogens with two attached hydrogens (primary N) is 1. The van der Waals surface area contributed by atoms with Crippen LogP contribution in [0.3, 0.4) is 0 Å². The molecule has 0 amide bonds. The quantitative estimate of drug-likeness (QED) is 0.691. The molecule has 11 heavy (non-hydrogen) atoms. The molecule has 1 aromatic heterocycles. The van der Waals surface area contributed by atoms with Crippen molar-refractivity contribution in [2.45, 2.75) is 19.4 Å². The van der Waals surface area contributed by atoms with Crippen LogP contribution in [0.1, 0.15) is 24.3 Å². The highest BCUT2D eigenvalue weighted by atomic mass is 32.1. The Labute approximate surface area is 70.3 Å². The maximum absolute atomic E-state index is 8.53. The zero-order valence-electron chi connectivity index (χ0n) is 6.59. The first-order valence-corrected chi connectivity index (χ1v) is 4.20. The highest BCUT2D eigenvalue weighted by molar-refractivity contribution is 7.10. The third kappa shape index (κ3) is 1.79. The molecule has 2 N–H and O–H groups in total. The van der Waals surface area contributed by atoms with Gasteiger partial charge in [-0.3, -0.25) is 0 Å². The lowest BCUT2D eigenvalue weighted by Gasteiger charge is -2.15. The summed E-state index contributed by atoms with van der Waals surface area (Å²) < 4.78 is 0. The van der Waals surface area contributed by atoms with Gasteiger partial charge in [0.05, 0.1) is 5.56 Å². The van der Waals surface area contributed by atoms with Crippen LogP contribution in [0.25, 0.3) is 0 Å². The largest absolute Gasteiger partial charge is 0.321 e. The summed E-state index contributed by atoms with van der Waals surface area (Å²) in [6.45, 7) is 3.86. The molecule has 0 saturated carbocycles. The van der Waals surface area contributed by atoms with Crippen LogP contribution in [0, 0.1) is 11.3 Å². The van der Waals surface area contributed by atoms with E-state index in [1.807, 2.05) is 25.3 Å². The van der Waals surface area contributed by atoms with E-state index in [-0.39, 0.29) is 5.54 Å². The smallest absolute Gasteiger partial charge is 0.100 e. The molecule has 0 aliphatic heterocycles. The van der Waals surface area contributed by atoms with Gasteiger partial charge in [0.15, 0.2) is 0 Å². The molecule has 0 atom stereocenters. The lowest BCUT2D eigenvalue weighted by molar-refractivity contribution is 0.567. The van der Waals surface area contributed by atoms with Crippen LogP contribution in [0.4, 0.5) is 0 Å². The summed E-state index contributed by atoms with van der Waals surface area (Å²) >= 11 is 1.53. The standard InChI is InChI=1S/C8H10N2S/c1-8(2,10)7-3-6(4-9)5-11-7/h3,5H,10H2,1-2H3. The van der Waals surface area contributed by atoms with Crippen LogP contribution in [0.2, 0.25) is 0 Å². The molecule has 0 aliphatic rings. The van der Waals surface area contributed by atoms with Gasteiger partial charge in [0.2, 0.25) is 0 Å². The van der Waals surface area contributed by atoms with Crippen LogP contribution in [0.15, 0.2) is 11.4 Å². The average molecular weight is 166 g/mol. The number of thiophene rings is 1. The van der Waals surface area contributed by atoms with Crippen molar-refractivity contribution in [3.63, 3.8) is 0 Å². The summed E-state index contributed by atoms with van der Waals surface area (Å²) in [5.41, 5.74) is 6.20. The number of hydrogen-bond donors (Lipinski definition) is 1. The molecule has 1 heterocycles. The summed E-state index contributed by atoms with van der Waals surface area (Å²) in [7, 11) is 0. The van der Waals surface area contributed by atoms with Gasteiger partial charge >= 0.3 is 0 Å². The van der Waals surface area contributed by atoms with Gasteiger partial charge in [-0.15, -0.1) is 11.3 Å². The number of nitrogens with zero attached hydrogens (tertiary/aromatic N) is 1. The second-order valence-electron chi connectivity index (χ2n) is 3.03. The molecule has 0 fully saturated rings. The molecule has 3 heteroatoms. The summed E-state index contributed by atoms with van der Waals surface area (Å²) in [5, 5.41) is 10.4. The Bertz CT molecular complexity index is 288. The minimum absolute atomic E-state index is 0.320. The fourth-order valence-corrected chi connectivity index (χ4v) is 1.61. The number of nitriles is 1. The van der Waals surface area contributed by atoms with Gasteiger partial charge in [0.25, 0.3) is 0 Å². The van der Waals surface area contributed by atoms with Crippen LogP contribution in [-0.2, 0) is 5.54 Å². The predicted octanol–water partition coefficient (Wildman–Crippen LogP) is 1.81. The van der Waals surface area contributed by atoms with Crippen molar-refractivity contribution >= 4 is 11.3 Å². The average Bonchev–Trinajstić information content (AvgIpc) is 2.32. The number of rotatable bonds is 1. The first-order chi connectivity index (χ1) is 5.04. The van der Waals surface area contributed by atoms with Gasteiger partial charge in [-0.1, -0.05) is 0 Å². The lowest BCUT2D eigenvalue weighted by Crippen LogP contribution is -2.27. The van der Waals surface area contributed by atoms with E-state index in [1.165, 1.54) is 11.3 Å². The van der Waals surface area contributed by atoms with Crippen LogP contribution < -0.4 is 5.73 Å². The molecule has 0 spiro atoms. The van der Waals surface area contributed by atoms with E-state index in [0.29, 0.717) is 5.56 Å². The predicted molar refractivity (Wildman–Crippen MR) is 46.2 cm³/mol. The Kier molecular flexibility index (Phi) is 1.99. The summed E-state index contributed by atoms with van der Waals surface area (Å²) in [5.74, 6) is 0. The Morgan fingerprint density at radius 2 is 2.27 bits per heavy atom. The summed E-state index contributed by atoms with van der Waals surface area (Å²) in [4.78, 5) is 1.05. The van der Waals surface area contributed by atoms with E-state index < -0.39 is 0 Å². The summed E-state index contributed by atoms with van der Waals surface area (Å²) in [6, 6.07) is 3.91. The number of hydrogen-bond acceptors (Lipinski definition) is 3. The maximum atomic E-state index is 8.53. The second-order valence-corrected chi connectivity index (χ2v) is 3.94. The molecule has 0 radical (unpaired) electrons. The van der Waals surface area contributed by atoms with Gasteiger partial charge in [0.1, 0.15) is 6.07 Å². The van der Waals surface area contributed by atoms with Crippen molar-refractivity contribution in [3.05, 3.63) is 21.9 Å². The molecule has 0 saturated heterocycles. The van der Waals surface area contributed by atoms with Gasteiger partial charge in [-0.05, 0) is 19.9 Å². The van der Waals surface area contributed by atoms with Gasteiger partial charge < -0.3 is 5.73 Å². The maximum Gasteiger partial charge on any atom is 0.100 e. The third-order valence-corrected chi connectivity index (χ3v) is 2.63. The van der Waals surface area contributed by atoms with Crippen molar-refractivity contribution in [1.29, 1.82) is 5.26 Å². The molecular formula is C8H10N2S. The lowest BCUT2D eigenvalue weighted by atomic mass is 10.0. The van der Waals surface area contributed by atoms with E-state index in [1.54, 1.807) is 0 Å². The first kappa shape index (κ1) is 8.25. The molecule has 58 valence electrons. The highest BCUT2D eigenvalue weighted by Gasteiger charge is 2.15. The van der Waals surface area contributed by atoms with Crippen LogP contribution in [-0.4, -0.2) is 0 Å². The topological polar surface area (TPSA) is 49.8 Å². The van der Waals surface area contributed by atoms with Crippen molar-refractivity contribution in [3.8, 4) is 6.07 Å². The highest BCUT2D eigenvalue weighted by Crippen LogP contribution is 2.24. The van der Waals surface area contributed by atoms with Gasteiger partial charge in [-0.2, -0.15) is 5.26 Å². The van der Waals surface area contributed by atoms with Gasteiger partial charge in [-0.25, -0.2) is 0 Å². The zero-order valence-corrected chi connectivity index (χ0v) is 7.40. The third-order valence-electron chi connectivity index (χ3n) is 1.36. The minimum atomic E-state index is -0.320. The van der Waals surface area contributed by atoms with E-state index >= 15 is 0 Å². The van der Waals surface area contributed by atoms with Crippen molar-refractivity contribution < 1.29 is 0 Å². The normalized spacial score (nSPS) is 11.1. The Morgan fingerprint density at radius 1 is 1.64 bits per heavy atom. The molecule has 0 unspecified atom stereocenters. The minimum Gasteiger partial charge on any atom is -0.321 e. The fourth-order valence-electron chi connectivity index (χ4n) is 0.733. The monoisotopic (exact) mass is 166 g/mol. The molecule has 2 nitrogen and oxygen atoms in total. The molecular weight excluding hydrogens is 156 g/mol. The Hall–Kier alpha value is -0.850. The Balaban J connectivity index is 3.01. The van der Waals surface area contributed by atoms with E-state index in [4.69, 9.17) is 11.0 Å². The SMILES string of the molecule is CC(C)(N)c1cc(C#N)cs1. The van der Waals surface area contributed by atoms with Crippen molar-refractivity contribution in [2.75, 3.05) is 0 Å². The van der Waals surface area contributed by atoms with Crippen molar-refractivity contribution in [2.24, 2.45) is 5.73 Å². The molecule has 1 aromatic rings. The molecule has 1 rings (SSSR count). The van der Waals surface area contributed by atoms with Crippen LogP contribution >= 0.6 is 11.3 Å². The van der Waals surface area contributed by atoms with E-state index in [0.717, 1.165) is 4.88 Å². The van der Waals surface area contributed by atoms with E-state index in [2.05, 4.69) is 6.07 Å². The first-order valence-electron chi connectivity index (χ1n) is 3.32. The molecule has 0 aliphatic carbocycles. The molecule has 0 aromatic carbocycles. The molecule has 0 bridgehead atoms. The van der Waals surface area contributed by atoms with Crippen LogP contribution in [0.5, 0.6) is 0 Å². The van der Waals surface area contributed by atoms with Crippen molar-refractivity contribution in [1.82, 2.24) is 0 Å². The summed E-state index contributed by atoms with van der Waals surface area (Å²) in [6.07, 6.45) is 0. The Morgan fingerprint density at radius 3 is 2.55 bits per heavy atom. The second kappa shape index (κ2) is 2.65. The van der Waals surface area contributed by atoms with Gasteiger partial charge in [0, 0.05) is 15.8 Å². The zero-order chi connectivity index (χ0) is 8.48.